The van der Waals surface area contributed by atoms with E-state index in [0.29, 0.717) is 12.8 Å². The van der Waals surface area contributed by atoms with E-state index in [1.807, 2.05) is 30.5 Å². The quantitative estimate of drug-likeness (QED) is 0.730. The van der Waals surface area contributed by atoms with Gasteiger partial charge in [-0.3, -0.25) is 0 Å². The van der Waals surface area contributed by atoms with Gasteiger partial charge in [0.1, 0.15) is 11.8 Å². The molecule has 2 aliphatic heterocycles. The zero-order valence-electron chi connectivity index (χ0n) is 15.2. The molecule has 0 unspecified atom stereocenters. The summed E-state index contributed by atoms with van der Waals surface area (Å²) in [7, 11) is 0. The highest BCUT2D eigenvalue weighted by Crippen LogP contribution is 2.43. The van der Waals surface area contributed by atoms with E-state index in [1.165, 1.54) is 0 Å². The average molecular weight is 364 g/mol. The Bertz CT molecular complexity index is 918. The van der Waals surface area contributed by atoms with Crippen molar-refractivity contribution in [3.8, 4) is 0 Å². The van der Waals surface area contributed by atoms with Gasteiger partial charge in [-0.25, -0.2) is 9.97 Å². The Morgan fingerprint density at radius 1 is 1.11 bits per heavy atom. The van der Waals surface area contributed by atoms with Crippen molar-refractivity contribution >= 4 is 16.9 Å². The number of aliphatic hydroxyl groups is 1. The van der Waals surface area contributed by atoms with Crippen LogP contribution in [0.2, 0.25) is 0 Å². The lowest BCUT2D eigenvalue weighted by Crippen LogP contribution is -2.51. The molecule has 2 atom stereocenters. The number of ether oxygens (including phenoxy) is 1. The van der Waals surface area contributed by atoms with Crippen molar-refractivity contribution in [3.63, 3.8) is 0 Å². The second-order valence-corrected chi connectivity index (χ2v) is 7.72. The van der Waals surface area contributed by atoms with E-state index in [0.717, 1.165) is 48.3 Å². The zero-order valence-corrected chi connectivity index (χ0v) is 15.2. The summed E-state index contributed by atoms with van der Waals surface area (Å²) >= 11 is 0. The molecule has 4 heterocycles. The van der Waals surface area contributed by atoms with Crippen LogP contribution in [0.3, 0.4) is 0 Å². The molecule has 2 saturated heterocycles. The van der Waals surface area contributed by atoms with Gasteiger partial charge in [-0.2, -0.15) is 0 Å². The number of piperidine rings is 1. The van der Waals surface area contributed by atoms with Gasteiger partial charge in [0, 0.05) is 32.1 Å². The lowest BCUT2D eigenvalue weighted by molar-refractivity contribution is -0.173. The van der Waals surface area contributed by atoms with Gasteiger partial charge in [0.05, 0.1) is 23.3 Å². The number of nitrogens with one attached hydrogen (secondary N) is 1. The van der Waals surface area contributed by atoms with Crippen molar-refractivity contribution in [2.24, 2.45) is 0 Å². The van der Waals surface area contributed by atoms with Crippen LogP contribution in [-0.2, 0) is 4.74 Å². The van der Waals surface area contributed by atoms with Crippen LogP contribution < -0.4 is 4.90 Å². The summed E-state index contributed by atoms with van der Waals surface area (Å²) in [5.41, 5.74) is 2.83. The molecule has 0 radical (unpaired) electrons. The summed E-state index contributed by atoms with van der Waals surface area (Å²) in [4.78, 5) is 14.4. The first-order chi connectivity index (χ1) is 13.2. The molecule has 2 aromatic heterocycles. The largest absolute Gasteiger partial charge is 0.393 e. The number of aliphatic hydroxyl groups excluding tert-OH is 1. The van der Waals surface area contributed by atoms with Gasteiger partial charge in [0.2, 0.25) is 0 Å². The number of anilines is 1. The first-order valence-electron chi connectivity index (χ1n) is 9.66. The Hall–Kier alpha value is -2.44. The Morgan fingerprint density at radius 2 is 1.93 bits per heavy atom. The number of fused-ring (bicyclic) bond motifs is 1. The fourth-order valence-corrected chi connectivity index (χ4v) is 4.58. The number of hydrogen-bond donors (Lipinski definition) is 2. The minimum Gasteiger partial charge on any atom is -0.393 e. The van der Waals surface area contributed by atoms with Gasteiger partial charge in [-0.1, -0.05) is 30.3 Å². The molecule has 0 amide bonds. The van der Waals surface area contributed by atoms with E-state index in [2.05, 4.69) is 32.0 Å². The molecule has 0 aliphatic carbocycles. The van der Waals surface area contributed by atoms with E-state index >= 15 is 0 Å². The highest BCUT2D eigenvalue weighted by Gasteiger charge is 2.44. The fourth-order valence-electron chi connectivity index (χ4n) is 4.58. The van der Waals surface area contributed by atoms with Crippen LogP contribution in [0.5, 0.6) is 0 Å². The maximum Gasteiger partial charge on any atom is 0.156 e. The summed E-state index contributed by atoms with van der Waals surface area (Å²) in [6.07, 6.45) is 6.34. The summed E-state index contributed by atoms with van der Waals surface area (Å²) in [6, 6.07) is 12.2. The van der Waals surface area contributed by atoms with Crippen molar-refractivity contribution in [1.82, 2.24) is 15.0 Å². The van der Waals surface area contributed by atoms with Crippen molar-refractivity contribution in [2.75, 3.05) is 18.0 Å². The molecule has 5 rings (SSSR count). The number of H-pyrrole nitrogens is 1. The summed E-state index contributed by atoms with van der Waals surface area (Å²) in [5, 5.41) is 10.5. The molecule has 1 aromatic carbocycles. The molecule has 140 valence electrons. The van der Waals surface area contributed by atoms with E-state index in [4.69, 9.17) is 4.74 Å². The second kappa shape index (κ2) is 6.62. The van der Waals surface area contributed by atoms with Crippen LogP contribution in [0.15, 0.2) is 48.9 Å². The van der Waals surface area contributed by atoms with Gasteiger partial charge >= 0.3 is 0 Å². The topological polar surface area (TPSA) is 74.3 Å². The van der Waals surface area contributed by atoms with Gasteiger partial charge in [0.25, 0.3) is 0 Å². The smallest absolute Gasteiger partial charge is 0.156 e. The average Bonchev–Trinajstić information content (AvgIpc) is 3.18. The third-order valence-corrected chi connectivity index (χ3v) is 5.96. The Kier molecular flexibility index (Phi) is 4.10. The molecule has 27 heavy (non-hydrogen) atoms. The van der Waals surface area contributed by atoms with Gasteiger partial charge in [-0.05, 0) is 24.5 Å². The maximum atomic E-state index is 10.5. The van der Waals surface area contributed by atoms with Gasteiger partial charge in [0.15, 0.2) is 5.82 Å². The van der Waals surface area contributed by atoms with Crippen molar-refractivity contribution in [3.05, 3.63) is 54.5 Å². The molecule has 0 saturated carbocycles. The minimum absolute atomic E-state index is 0.0318. The third-order valence-electron chi connectivity index (χ3n) is 5.96. The van der Waals surface area contributed by atoms with E-state index in [1.54, 1.807) is 6.33 Å². The molecule has 2 fully saturated rings. The molecule has 2 N–H and O–H groups in total. The van der Waals surface area contributed by atoms with Crippen LogP contribution in [0.25, 0.3) is 11.0 Å². The highest BCUT2D eigenvalue weighted by atomic mass is 16.5. The maximum absolute atomic E-state index is 10.5. The Balaban J connectivity index is 1.35. The number of aromatic nitrogens is 3. The van der Waals surface area contributed by atoms with Gasteiger partial charge in [-0.15, -0.1) is 0 Å². The summed E-state index contributed by atoms with van der Waals surface area (Å²) in [5.74, 6) is 0.954. The highest BCUT2D eigenvalue weighted by molar-refractivity contribution is 5.85. The first kappa shape index (κ1) is 16.7. The lowest BCUT2D eigenvalue weighted by atomic mass is 9.81. The molecule has 6 heteroatoms. The van der Waals surface area contributed by atoms with E-state index < -0.39 is 0 Å². The van der Waals surface area contributed by atoms with Crippen LogP contribution >= 0.6 is 0 Å². The number of nitrogens with zero attached hydrogens (tertiary/aromatic N) is 3. The monoisotopic (exact) mass is 364 g/mol. The standard InChI is InChI=1S/C21H24N4O2/c26-16-12-18(15-4-2-1-3-5-15)27-21(13-16)7-10-25(11-8-21)20-19-17(6-9-22-19)23-14-24-20/h1-6,9,14,16,18,22,26H,7-8,10-13H2/t16-,18+/m0/s1. The predicted octanol–water partition coefficient (Wildman–Crippen LogP) is 3.21. The number of hydrogen-bond acceptors (Lipinski definition) is 5. The SMILES string of the molecule is O[C@H]1C[C@H](c2ccccc2)OC2(CCN(c3ncnc4cc[nH]c34)CC2)C1. The van der Waals surface area contributed by atoms with Crippen LogP contribution in [-0.4, -0.2) is 44.9 Å². The lowest BCUT2D eigenvalue weighted by Gasteiger charge is -2.48. The predicted molar refractivity (Wildman–Crippen MR) is 104 cm³/mol. The molecule has 6 nitrogen and oxygen atoms in total. The molecule has 2 aliphatic rings. The Labute approximate surface area is 158 Å². The van der Waals surface area contributed by atoms with Crippen molar-refractivity contribution in [1.29, 1.82) is 0 Å². The van der Waals surface area contributed by atoms with E-state index in [9.17, 15) is 5.11 Å². The van der Waals surface area contributed by atoms with Crippen molar-refractivity contribution in [2.45, 2.75) is 43.5 Å². The number of aromatic amines is 1. The van der Waals surface area contributed by atoms with E-state index in [-0.39, 0.29) is 17.8 Å². The fraction of sp³-hybridized carbons (Fsp3) is 0.429. The molecule has 1 spiro atoms. The van der Waals surface area contributed by atoms with Crippen LogP contribution in [0.4, 0.5) is 5.82 Å². The Morgan fingerprint density at radius 3 is 2.74 bits per heavy atom. The number of benzene rings is 1. The molecular formula is C21H24N4O2. The van der Waals surface area contributed by atoms with Crippen molar-refractivity contribution < 1.29 is 9.84 Å². The van der Waals surface area contributed by atoms with Gasteiger partial charge < -0.3 is 19.7 Å². The molecule has 3 aromatic rings. The number of rotatable bonds is 2. The summed E-state index contributed by atoms with van der Waals surface area (Å²) in [6.45, 7) is 1.72. The first-order valence-corrected chi connectivity index (χ1v) is 9.66. The molecular weight excluding hydrogens is 340 g/mol. The minimum atomic E-state index is -0.315. The van der Waals surface area contributed by atoms with Crippen LogP contribution in [0.1, 0.15) is 37.4 Å². The zero-order chi connectivity index (χ0) is 18.3. The third kappa shape index (κ3) is 3.09. The molecule has 0 bridgehead atoms. The normalized spacial score (nSPS) is 25.1. The second-order valence-electron chi connectivity index (χ2n) is 7.72. The summed E-state index contributed by atoms with van der Waals surface area (Å²) < 4.78 is 6.60. The van der Waals surface area contributed by atoms with Crippen LogP contribution in [0, 0.1) is 0 Å².